The van der Waals surface area contributed by atoms with E-state index in [2.05, 4.69) is 21.2 Å². The minimum atomic E-state index is -0.241. The molecule has 1 aromatic rings. The summed E-state index contributed by atoms with van der Waals surface area (Å²) < 4.78 is 19.6. The van der Waals surface area contributed by atoms with Gasteiger partial charge in [0.15, 0.2) is 0 Å². The number of hydrogen-bond acceptors (Lipinski definition) is 2. The summed E-state index contributed by atoms with van der Waals surface area (Å²) in [6.45, 7) is 7.35. The van der Waals surface area contributed by atoms with E-state index in [4.69, 9.17) is 4.74 Å². The lowest BCUT2D eigenvalue weighted by atomic mass is 10.1. The van der Waals surface area contributed by atoms with Crippen molar-refractivity contribution in [1.29, 1.82) is 0 Å². The number of rotatable bonds is 6. The predicted octanol–water partition coefficient (Wildman–Crippen LogP) is 3.66. The van der Waals surface area contributed by atoms with Gasteiger partial charge in [-0.3, -0.25) is 0 Å². The average Bonchev–Trinajstić information content (AvgIpc) is 2.28. The van der Waals surface area contributed by atoms with Gasteiger partial charge in [0.05, 0.1) is 23.2 Å². The average molecular weight is 304 g/mol. The molecule has 0 aliphatic heterocycles. The molecule has 0 heterocycles. The van der Waals surface area contributed by atoms with Crippen LogP contribution < -0.4 is 5.32 Å². The Morgan fingerprint density at radius 3 is 2.71 bits per heavy atom. The van der Waals surface area contributed by atoms with Crippen LogP contribution in [0.5, 0.6) is 0 Å². The molecule has 2 nitrogen and oxygen atoms in total. The van der Waals surface area contributed by atoms with Crippen LogP contribution in [0, 0.1) is 5.82 Å². The lowest BCUT2D eigenvalue weighted by Gasteiger charge is -2.21. The largest absolute Gasteiger partial charge is 0.377 e. The molecule has 17 heavy (non-hydrogen) atoms. The molecule has 1 unspecified atom stereocenters. The molecule has 1 rings (SSSR count). The molecule has 0 amide bonds. The smallest absolute Gasteiger partial charge is 0.137 e. The van der Waals surface area contributed by atoms with Crippen molar-refractivity contribution < 1.29 is 9.13 Å². The minimum absolute atomic E-state index is 0.00692. The van der Waals surface area contributed by atoms with Crippen molar-refractivity contribution in [2.45, 2.75) is 32.9 Å². The van der Waals surface area contributed by atoms with Crippen LogP contribution in [0.15, 0.2) is 22.7 Å². The fraction of sp³-hybridized carbons (Fsp3) is 0.538. The molecule has 1 atom stereocenters. The number of nitrogens with one attached hydrogen (secondary N) is 1. The first-order chi connectivity index (χ1) is 8.06. The summed E-state index contributed by atoms with van der Waals surface area (Å²) in [5.41, 5.74) is 0.896. The zero-order chi connectivity index (χ0) is 12.8. The molecule has 0 aliphatic carbocycles. The van der Waals surface area contributed by atoms with Gasteiger partial charge in [0.2, 0.25) is 0 Å². The van der Waals surface area contributed by atoms with Crippen LogP contribution in [0.4, 0.5) is 4.39 Å². The predicted molar refractivity (Wildman–Crippen MR) is 71.6 cm³/mol. The number of likely N-dealkylation sites (N-methyl/N-ethyl adjacent to an activating group) is 1. The lowest BCUT2D eigenvalue weighted by Crippen LogP contribution is -2.27. The van der Waals surface area contributed by atoms with E-state index >= 15 is 0 Å². The fourth-order valence-electron chi connectivity index (χ4n) is 1.58. The quantitative estimate of drug-likeness (QED) is 0.866. The standard InChI is InChI=1S/C13H19BrFNO/c1-4-16-12(8-17-9(2)3)10-6-5-7-11(15)13(10)14/h5-7,9,12,16H,4,8H2,1-3H3. The lowest BCUT2D eigenvalue weighted by molar-refractivity contribution is 0.0612. The van der Waals surface area contributed by atoms with Crippen LogP contribution in [-0.4, -0.2) is 19.3 Å². The number of ether oxygens (including phenoxy) is 1. The van der Waals surface area contributed by atoms with Crippen molar-refractivity contribution in [3.63, 3.8) is 0 Å². The zero-order valence-corrected chi connectivity index (χ0v) is 12.1. The molecule has 0 saturated carbocycles. The zero-order valence-electron chi connectivity index (χ0n) is 10.5. The highest BCUT2D eigenvalue weighted by Gasteiger charge is 2.16. The molecule has 0 spiro atoms. The minimum Gasteiger partial charge on any atom is -0.377 e. The van der Waals surface area contributed by atoms with Crippen molar-refractivity contribution in [3.8, 4) is 0 Å². The Kier molecular flexibility index (Phi) is 6.09. The van der Waals surface area contributed by atoms with Gasteiger partial charge in [-0.25, -0.2) is 4.39 Å². The van der Waals surface area contributed by atoms with E-state index in [0.717, 1.165) is 12.1 Å². The highest BCUT2D eigenvalue weighted by molar-refractivity contribution is 9.10. The molecule has 0 saturated heterocycles. The monoisotopic (exact) mass is 303 g/mol. The first-order valence-corrected chi connectivity index (χ1v) is 6.64. The Morgan fingerprint density at radius 2 is 2.12 bits per heavy atom. The third-order valence-electron chi connectivity index (χ3n) is 2.40. The van der Waals surface area contributed by atoms with Crippen LogP contribution in [-0.2, 0) is 4.74 Å². The van der Waals surface area contributed by atoms with E-state index in [1.165, 1.54) is 6.07 Å². The molecular formula is C13H19BrFNO. The van der Waals surface area contributed by atoms with Gasteiger partial charge >= 0.3 is 0 Å². The molecule has 0 aromatic heterocycles. The van der Waals surface area contributed by atoms with E-state index in [9.17, 15) is 4.39 Å². The first-order valence-electron chi connectivity index (χ1n) is 5.85. The Bertz CT molecular complexity index is 357. The summed E-state index contributed by atoms with van der Waals surface area (Å²) in [4.78, 5) is 0. The number of benzene rings is 1. The second-order valence-corrected chi connectivity index (χ2v) is 4.93. The summed E-state index contributed by atoms with van der Waals surface area (Å²) >= 11 is 3.29. The molecule has 1 N–H and O–H groups in total. The van der Waals surface area contributed by atoms with E-state index in [1.807, 2.05) is 26.8 Å². The van der Waals surface area contributed by atoms with E-state index in [0.29, 0.717) is 11.1 Å². The van der Waals surface area contributed by atoms with Gasteiger partial charge in [0.1, 0.15) is 5.82 Å². The van der Waals surface area contributed by atoms with Gasteiger partial charge in [0.25, 0.3) is 0 Å². The summed E-state index contributed by atoms with van der Waals surface area (Å²) in [5.74, 6) is -0.241. The van der Waals surface area contributed by atoms with Gasteiger partial charge in [-0.15, -0.1) is 0 Å². The Morgan fingerprint density at radius 1 is 1.41 bits per heavy atom. The van der Waals surface area contributed by atoms with Crippen LogP contribution in [0.3, 0.4) is 0 Å². The maximum atomic E-state index is 13.5. The van der Waals surface area contributed by atoms with Crippen LogP contribution in [0.25, 0.3) is 0 Å². The summed E-state index contributed by atoms with van der Waals surface area (Å²) in [6.07, 6.45) is 0.170. The van der Waals surface area contributed by atoms with Gasteiger partial charge in [0, 0.05) is 0 Å². The summed E-state index contributed by atoms with van der Waals surface area (Å²) in [6, 6.07) is 5.08. The first kappa shape index (κ1) is 14.6. The normalized spacial score (nSPS) is 13.1. The van der Waals surface area contributed by atoms with Crippen molar-refractivity contribution in [2.75, 3.05) is 13.2 Å². The SMILES string of the molecule is CCNC(COC(C)C)c1cccc(F)c1Br. The van der Waals surface area contributed by atoms with Crippen LogP contribution in [0.1, 0.15) is 32.4 Å². The van der Waals surface area contributed by atoms with Gasteiger partial charge < -0.3 is 10.1 Å². The van der Waals surface area contributed by atoms with Crippen molar-refractivity contribution in [1.82, 2.24) is 5.32 Å². The summed E-state index contributed by atoms with van der Waals surface area (Å²) in [7, 11) is 0. The van der Waals surface area contributed by atoms with E-state index in [1.54, 1.807) is 6.07 Å². The van der Waals surface area contributed by atoms with Gasteiger partial charge in [-0.1, -0.05) is 19.1 Å². The van der Waals surface area contributed by atoms with E-state index < -0.39 is 0 Å². The molecule has 1 aromatic carbocycles. The van der Waals surface area contributed by atoms with Crippen molar-refractivity contribution in [3.05, 3.63) is 34.1 Å². The molecule has 0 radical (unpaired) electrons. The number of hydrogen-bond donors (Lipinski definition) is 1. The van der Waals surface area contributed by atoms with Gasteiger partial charge in [-0.05, 0) is 48.0 Å². The van der Waals surface area contributed by atoms with Crippen molar-refractivity contribution in [2.24, 2.45) is 0 Å². The fourth-order valence-corrected chi connectivity index (χ4v) is 2.12. The molecule has 4 heteroatoms. The third kappa shape index (κ3) is 4.37. The molecule has 96 valence electrons. The highest BCUT2D eigenvalue weighted by atomic mass is 79.9. The highest BCUT2D eigenvalue weighted by Crippen LogP contribution is 2.26. The van der Waals surface area contributed by atoms with Gasteiger partial charge in [-0.2, -0.15) is 0 Å². The van der Waals surface area contributed by atoms with Crippen molar-refractivity contribution >= 4 is 15.9 Å². The Labute approximate surface area is 111 Å². The Balaban J connectivity index is 2.85. The second-order valence-electron chi connectivity index (χ2n) is 4.14. The van der Waals surface area contributed by atoms with E-state index in [-0.39, 0.29) is 18.0 Å². The van der Waals surface area contributed by atoms with Crippen LogP contribution >= 0.6 is 15.9 Å². The second kappa shape index (κ2) is 7.09. The van der Waals surface area contributed by atoms with Crippen LogP contribution in [0.2, 0.25) is 0 Å². The maximum absolute atomic E-state index is 13.5. The maximum Gasteiger partial charge on any atom is 0.137 e. The third-order valence-corrected chi connectivity index (χ3v) is 3.24. The topological polar surface area (TPSA) is 21.3 Å². The summed E-state index contributed by atoms with van der Waals surface area (Å²) in [5, 5.41) is 3.30. The Hall–Kier alpha value is -0.450. The molecule has 0 bridgehead atoms. The molecular weight excluding hydrogens is 285 g/mol. The molecule has 0 fully saturated rings. The number of halogens is 2. The molecule has 0 aliphatic rings.